The van der Waals surface area contributed by atoms with Crippen molar-refractivity contribution in [1.29, 1.82) is 5.26 Å². The topological polar surface area (TPSA) is 53.3 Å². The molecule has 1 rings (SSSR count). The molecule has 0 bridgehead atoms. The highest BCUT2D eigenvalue weighted by Crippen LogP contribution is 2.12. The van der Waals surface area contributed by atoms with E-state index >= 15 is 0 Å². The minimum absolute atomic E-state index is 0.229. The summed E-state index contributed by atoms with van der Waals surface area (Å²) < 4.78 is 17.5. The smallest absolute Gasteiger partial charge is 0.305 e. The second-order valence-corrected chi connectivity index (χ2v) is 4.33. The zero-order valence-corrected chi connectivity index (χ0v) is 11.1. The number of ether oxygens (including phenoxy) is 1. The van der Waals surface area contributed by atoms with E-state index < -0.39 is 5.82 Å². The minimum Gasteiger partial charge on any atom is -0.469 e. The molecule has 19 heavy (non-hydrogen) atoms. The van der Waals surface area contributed by atoms with Gasteiger partial charge in [0.1, 0.15) is 5.82 Å². The lowest BCUT2D eigenvalue weighted by Crippen LogP contribution is -2.20. The highest BCUT2D eigenvalue weighted by molar-refractivity contribution is 5.69. The van der Waals surface area contributed by atoms with Crippen molar-refractivity contribution in [2.45, 2.75) is 19.4 Å². The van der Waals surface area contributed by atoms with Crippen molar-refractivity contribution < 1.29 is 13.9 Å². The Kier molecular flexibility index (Phi) is 5.97. The van der Waals surface area contributed by atoms with Gasteiger partial charge in [0.25, 0.3) is 0 Å². The number of carbonyl (C=O) groups excluding carboxylic acids is 1. The van der Waals surface area contributed by atoms with Crippen molar-refractivity contribution in [2.24, 2.45) is 0 Å². The Morgan fingerprint density at radius 2 is 2.26 bits per heavy atom. The molecule has 1 aromatic rings. The number of hydrogen-bond acceptors (Lipinski definition) is 4. The van der Waals surface area contributed by atoms with Crippen molar-refractivity contribution >= 4 is 5.97 Å². The third kappa shape index (κ3) is 5.06. The van der Waals surface area contributed by atoms with Gasteiger partial charge in [-0.25, -0.2) is 4.39 Å². The molecule has 0 saturated carbocycles. The van der Waals surface area contributed by atoms with Crippen LogP contribution in [0, 0.1) is 17.1 Å². The van der Waals surface area contributed by atoms with Crippen LogP contribution in [-0.4, -0.2) is 31.6 Å². The van der Waals surface area contributed by atoms with E-state index in [0.29, 0.717) is 31.5 Å². The zero-order chi connectivity index (χ0) is 14.3. The summed E-state index contributed by atoms with van der Waals surface area (Å²) in [5.41, 5.74) is 1.13. The molecule has 0 saturated heterocycles. The molecule has 0 aliphatic rings. The fourth-order valence-corrected chi connectivity index (χ4v) is 1.76. The molecule has 0 aliphatic carbocycles. The number of halogens is 1. The third-order valence-corrected chi connectivity index (χ3v) is 2.78. The van der Waals surface area contributed by atoms with E-state index in [1.165, 1.54) is 19.2 Å². The van der Waals surface area contributed by atoms with Crippen molar-refractivity contribution in [2.75, 3.05) is 20.7 Å². The number of rotatable bonds is 6. The molecule has 0 unspecified atom stereocenters. The van der Waals surface area contributed by atoms with Gasteiger partial charge >= 0.3 is 5.97 Å². The quantitative estimate of drug-likeness (QED) is 0.738. The van der Waals surface area contributed by atoms with Crippen LogP contribution in [0.25, 0.3) is 0 Å². The van der Waals surface area contributed by atoms with Crippen molar-refractivity contribution in [3.63, 3.8) is 0 Å². The van der Waals surface area contributed by atoms with E-state index in [2.05, 4.69) is 4.74 Å². The van der Waals surface area contributed by atoms with E-state index in [9.17, 15) is 9.18 Å². The standard InChI is InChI=1S/C14H17FN2O2/c1-17(7-3-4-14(18)19-2)10-11-5-6-13(15)8-12(11)9-16/h5-6,8H,3-4,7,10H2,1-2H3. The van der Waals surface area contributed by atoms with Crippen LogP contribution in [0.5, 0.6) is 0 Å². The van der Waals surface area contributed by atoms with Crippen LogP contribution in [0.2, 0.25) is 0 Å². The molecule has 4 nitrogen and oxygen atoms in total. The van der Waals surface area contributed by atoms with Crippen molar-refractivity contribution in [3.05, 3.63) is 35.1 Å². The lowest BCUT2D eigenvalue weighted by Gasteiger charge is -2.17. The number of hydrogen-bond donors (Lipinski definition) is 0. The first kappa shape index (κ1) is 15.1. The SMILES string of the molecule is COC(=O)CCCN(C)Cc1ccc(F)cc1C#N. The molecule has 0 radical (unpaired) electrons. The predicted octanol–water partition coefficient (Wildman–Crippen LogP) is 2.08. The molecule has 0 N–H and O–H groups in total. The number of esters is 1. The van der Waals surface area contributed by atoms with E-state index in [1.807, 2.05) is 18.0 Å². The first-order valence-electron chi connectivity index (χ1n) is 6.00. The highest BCUT2D eigenvalue weighted by Gasteiger charge is 2.08. The van der Waals surface area contributed by atoms with Gasteiger partial charge in [-0.2, -0.15) is 5.26 Å². The number of methoxy groups -OCH3 is 1. The van der Waals surface area contributed by atoms with Gasteiger partial charge in [0.2, 0.25) is 0 Å². The van der Waals surface area contributed by atoms with Gasteiger partial charge < -0.3 is 9.64 Å². The second kappa shape index (κ2) is 7.49. The molecule has 1 aromatic carbocycles. The maximum absolute atomic E-state index is 13.0. The molecule has 0 aliphatic heterocycles. The Hall–Kier alpha value is -1.93. The normalized spacial score (nSPS) is 10.3. The molecule has 0 fully saturated rings. The summed E-state index contributed by atoms with van der Waals surface area (Å²) in [5.74, 6) is -0.637. The van der Waals surface area contributed by atoms with Crippen molar-refractivity contribution in [3.8, 4) is 6.07 Å². The van der Waals surface area contributed by atoms with Gasteiger partial charge in [-0.15, -0.1) is 0 Å². The minimum atomic E-state index is -0.409. The molecular weight excluding hydrogens is 247 g/mol. The molecule has 0 atom stereocenters. The maximum Gasteiger partial charge on any atom is 0.305 e. The lowest BCUT2D eigenvalue weighted by atomic mass is 10.1. The van der Waals surface area contributed by atoms with E-state index in [4.69, 9.17) is 5.26 Å². The molecule has 0 aromatic heterocycles. The zero-order valence-electron chi connectivity index (χ0n) is 11.1. The number of carbonyl (C=O) groups is 1. The number of nitriles is 1. The van der Waals surface area contributed by atoms with Crippen LogP contribution in [0.3, 0.4) is 0 Å². The molecule has 0 spiro atoms. The number of benzene rings is 1. The Morgan fingerprint density at radius 3 is 2.89 bits per heavy atom. The Bertz CT molecular complexity index is 483. The van der Waals surface area contributed by atoms with Crippen LogP contribution in [0.15, 0.2) is 18.2 Å². The van der Waals surface area contributed by atoms with E-state index in [-0.39, 0.29) is 5.97 Å². The van der Waals surface area contributed by atoms with Crippen molar-refractivity contribution in [1.82, 2.24) is 4.90 Å². The summed E-state index contributed by atoms with van der Waals surface area (Å²) in [5, 5.41) is 8.94. The van der Waals surface area contributed by atoms with Crippen LogP contribution >= 0.6 is 0 Å². The second-order valence-electron chi connectivity index (χ2n) is 4.33. The predicted molar refractivity (Wildman–Crippen MR) is 68.7 cm³/mol. The van der Waals surface area contributed by atoms with Crippen LogP contribution in [-0.2, 0) is 16.1 Å². The summed E-state index contributed by atoms with van der Waals surface area (Å²) >= 11 is 0. The average Bonchev–Trinajstić information content (AvgIpc) is 2.40. The van der Waals surface area contributed by atoms with Gasteiger partial charge in [0.15, 0.2) is 0 Å². The summed E-state index contributed by atoms with van der Waals surface area (Å²) in [6.07, 6.45) is 1.06. The molecule has 5 heteroatoms. The largest absolute Gasteiger partial charge is 0.469 e. The summed E-state index contributed by atoms with van der Waals surface area (Å²) in [6, 6.07) is 6.18. The summed E-state index contributed by atoms with van der Waals surface area (Å²) in [4.78, 5) is 12.9. The first-order valence-corrected chi connectivity index (χ1v) is 6.00. The average molecular weight is 264 g/mol. The van der Waals surface area contributed by atoms with Crippen LogP contribution in [0.1, 0.15) is 24.0 Å². The van der Waals surface area contributed by atoms with Gasteiger partial charge in [-0.1, -0.05) is 6.07 Å². The van der Waals surface area contributed by atoms with Gasteiger partial charge in [-0.3, -0.25) is 4.79 Å². The van der Waals surface area contributed by atoms with Gasteiger partial charge in [-0.05, 0) is 37.7 Å². The first-order chi connectivity index (χ1) is 9.06. The Labute approximate surface area is 112 Å². The molecule has 0 amide bonds. The monoisotopic (exact) mass is 264 g/mol. The summed E-state index contributed by atoms with van der Waals surface area (Å²) in [7, 11) is 3.26. The lowest BCUT2D eigenvalue weighted by molar-refractivity contribution is -0.140. The van der Waals surface area contributed by atoms with E-state index in [0.717, 1.165) is 5.56 Å². The van der Waals surface area contributed by atoms with Gasteiger partial charge in [0.05, 0.1) is 18.7 Å². The van der Waals surface area contributed by atoms with Crippen LogP contribution in [0.4, 0.5) is 4.39 Å². The van der Waals surface area contributed by atoms with Crippen LogP contribution < -0.4 is 0 Å². The fraction of sp³-hybridized carbons (Fsp3) is 0.429. The fourth-order valence-electron chi connectivity index (χ4n) is 1.76. The number of nitrogens with zero attached hydrogens (tertiary/aromatic N) is 2. The Morgan fingerprint density at radius 1 is 1.53 bits per heavy atom. The molecular formula is C14H17FN2O2. The van der Waals surface area contributed by atoms with Gasteiger partial charge in [0, 0.05) is 13.0 Å². The third-order valence-electron chi connectivity index (χ3n) is 2.78. The maximum atomic E-state index is 13.0. The molecule has 102 valence electrons. The highest BCUT2D eigenvalue weighted by atomic mass is 19.1. The summed E-state index contributed by atoms with van der Waals surface area (Å²) in [6.45, 7) is 1.25. The molecule has 0 heterocycles. The van der Waals surface area contributed by atoms with E-state index in [1.54, 1.807) is 6.07 Å². The Balaban J connectivity index is 2.51.